The zero-order valence-corrected chi connectivity index (χ0v) is 14.0. The Hall–Kier alpha value is -1.22. The van der Waals surface area contributed by atoms with Crippen LogP contribution < -0.4 is 4.74 Å². The Labute approximate surface area is 129 Å². The lowest BCUT2D eigenvalue weighted by Crippen LogP contribution is -2.34. The molecule has 0 aliphatic heterocycles. The standard InChI is InChI=1S/C16H26N2O.ClH/c1-6-18(7-2)16(17)11-19-15-10-13(5)8-9-14(15)12(3)4;/h8-10,12,17H,6-7,11H2,1-5H3;1H. The number of likely N-dealkylation sites (N-methyl/N-ethyl adjacent to an activating group) is 1. The van der Waals surface area contributed by atoms with E-state index in [1.165, 1.54) is 11.1 Å². The Bertz CT molecular complexity index is 428. The van der Waals surface area contributed by atoms with E-state index in [9.17, 15) is 0 Å². The first kappa shape index (κ1) is 18.8. The molecule has 0 atom stereocenters. The van der Waals surface area contributed by atoms with Crippen LogP contribution in [0, 0.1) is 12.3 Å². The molecular formula is C16H27ClN2O. The average molecular weight is 299 g/mol. The summed E-state index contributed by atoms with van der Waals surface area (Å²) in [4.78, 5) is 2.00. The van der Waals surface area contributed by atoms with Crippen LogP contribution in [0.3, 0.4) is 0 Å². The van der Waals surface area contributed by atoms with Gasteiger partial charge in [-0.3, -0.25) is 5.41 Å². The maximum Gasteiger partial charge on any atom is 0.145 e. The van der Waals surface area contributed by atoms with E-state index >= 15 is 0 Å². The van der Waals surface area contributed by atoms with E-state index in [4.69, 9.17) is 10.1 Å². The number of ether oxygens (including phenoxy) is 1. The van der Waals surface area contributed by atoms with Crippen LogP contribution in [-0.4, -0.2) is 30.4 Å². The van der Waals surface area contributed by atoms with Crippen molar-refractivity contribution in [2.45, 2.75) is 40.5 Å². The van der Waals surface area contributed by atoms with Gasteiger partial charge in [-0.05, 0) is 43.9 Å². The van der Waals surface area contributed by atoms with Crippen LogP contribution in [0.2, 0.25) is 0 Å². The number of amidine groups is 1. The Kier molecular flexibility index (Phi) is 8.31. The zero-order chi connectivity index (χ0) is 14.4. The summed E-state index contributed by atoms with van der Waals surface area (Å²) < 4.78 is 5.86. The largest absolute Gasteiger partial charge is 0.485 e. The summed E-state index contributed by atoms with van der Waals surface area (Å²) in [7, 11) is 0. The average Bonchev–Trinajstić information content (AvgIpc) is 2.37. The minimum Gasteiger partial charge on any atom is -0.485 e. The highest BCUT2D eigenvalue weighted by Gasteiger charge is 2.11. The van der Waals surface area contributed by atoms with E-state index in [1.54, 1.807) is 0 Å². The molecule has 0 unspecified atom stereocenters. The third kappa shape index (κ3) is 5.04. The van der Waals surface area contributed by atoms with E-state index in [2.05, 4.69) is 52.8 Å². The van der Waals surface area contributed by atoms with Crippen LogP contribution in [0.4, 0.5) is 0 Å². The van der Waals surface area contributed by atoms with Gasteiger partial charge in [0.25, 0.3) is 0 Å². The van der Waals surface area contributed by atoms with Crippen LogP contribution in [0.15, 0.2) is 18.2 Å². The lowest BCUT2D eigenvalue weighted by atomic mass is 10.0. The van der Waals surface area contributed by atoms with E-state index < -0.39 is 0 Å². The summed E-state index contributed by atoms with van der Waals surface area (Å²) >= 11 is 0. The monoisotopic (exact) mass is 298 g/mol. The molecule has 0 saturated carbocycles. The summed E-state index contributed by atoms with van der Waals surface area (Å²) in [6, 6.07) is 6.29. The van der Waals surface area contributed by atoms with Crippen molar-refractivity contribution in [3.63, 3.8) is 0 Å². The normalized spacial score (nSPS) is 10.1. The molecule has 0 fully saturated rings. The predicted molar refractivity (Wildman–Crippen MR) is 88.7 cm³/mol. The van der Waals surface area contributed by atoms with Crippen molar-refractivity contribution in [2.75, 3.05) is 19.7 Å². The summed E-state index contributed by atoms with van der Waals surface area (Å²) in [5, 5.41) is 8.03. The summed E-state index contributed by atoms with van der Waals surface area (Å²) in [5.41, 5.74) is 2.40. The second-order valence-corrected chi connectivity index (χ2v) is 5.10. The number of hydrogen-bond acceptors (Lipinski definition) is 2. The molecule has 0 saturated heterocycles. The second-order valence-electron chi connectivity index (χ2n) is 5.10. The van der Waals surface area contributed by atoms with Gasteiger partial charge in [0.05, 0.1) is 0 Å². The van der Waals surface area contributed by atoms with Gasteiger partial charge >= 0.3 is 0 Å². The first-order chi connectivity index (χ1) is 8.99. The highest BCUT2D eigenvalue weighted by molar-refractivity contribution is 5.85. The van der Waals surface area contributed by atoms with Crippen molar-refractivity contribution in [3.8, 4) is 5.75 Å². The SMILES string of the molecule is CCN(CC)C(=N)COc1cc(C)ccc1C(C)C.Cl. The highest BCUT2D eigenvalue weighted by atomic mass is 35.5. The van der Waals surface area contributed by atoms with Crippen LogP contribution in [0.25, 0.3) is 0 Å². The molecule has 0 radical (unpaired) electrons. The number of rotatable bonds is 6. The maximum absolute atomic E-state index is 8.03. The van der Waals surface area contributed by atoms with Gasteiger partial charge in [0.1, 0.15) is 18.2 Å². The van der Waals surface area contributed by atoms with Crippen molar-refractivity contribution in [2.24, 2.45) is 0 Å². The smallest absolute Gasteiger partial charge is 0.145 e. The van der Waals surface area contributed by atoms with Crippen LogP contribution in [0.1, 0.15) is 44.7 Å². The molecule has 0 bridgehead atoms. The van der Waals surface area contributed by atoms with Crippen molar-refractivity contribution in [3.05, 3.63) is 29.3 Å². The van der Waals surface area contributed by atoms with E-state index in [1.807, 2.05) is 4.90 Å². The fraction of sp³-hybridized carbons (Fsp3) is 0.562. The number of halogens is 1. The van der Waals surface area contributed by atoms with Crippen molar-refractivity contribution in [1.82, 2.24) is 4.90 Å². The summed E-state index contributed by atoms with van der Waals surface area (Å²) in [6.45, 7) is 12.5. The fourth-order valence-corrected chi connectivity index (χ4v) is 2.09. The third-order valence-electron chi connectivity index (χ3n) is 3.30. The first-order valence-electron chi connectivity index (χ1n) is 7.05. The topological polar surface area (TPSA) is 36.3 Å². The molecule has 0 heterocycles. The number of benzene rings is 1. The highest BCUT2D eigenvalue weighted by Crippen LogP contribution is 2.27. The molecule has 0 aromatic heterocycles. The lowest BCUT2D eigenvalue weighted by molar-refractivity contribution is 0.337. The lowest BCUT2D eigenvalue weighted by Gasteiger charge is -2.22. The van der Waals surface area contributed by atoms with Gasteiger partial charge in [0.2, 0.25) is 0 Å². The molecule has 1 rings (SSSR count). The molecule has 4 heteroatoms. The molecule has 1 aromatic carbocycles. The summed E-state index contributed by atoms with van der Waals surface area (Å²) in [5.74, 6) is 1.88. The van der Waals surface area contributed by atoms with Gasteiger partial charge in [0, 0.05) is 13.1 Å². The van der Waals surface area contributed by atoms with Crippen molar-refractivity contribution in [1.29, 1.82) is 5.41 Å². The number of nitrogens with one attached hydrogen (secondary N) is 1. The third-order valence-corrected chi connectivity index (χ3v) is 3.30. The predicted octanol–water partition coefficient (Wildman–Crippen LogP) is 4.24. The van der Waals surface area contributed by atoms with Gasteiger partial charge in [-0.1, -0.05) is 26.0 Å². The molecular weight excluding hydrogens is 272 g/mol. The van der Waals surface area contributed by atoms with Crippen LogP contribution in [-0.2, 0) is 0 Å². The van der Waals surface area contributed by atoms with Crippen LogP contribution in [0.5, 0.6) is 5.75 Å². The number of nitrogens with zero attached hydrogens (tertiary/aromatic N) is 1. The molecule has 1 N–H and O–H groups in total. The van der Waals surface area contributed by atoms with Gasteiger partial charge in [-0.15, -0.1) is 12.4 Å². The molecule has 1 aromatic rings. The Balaban J connectivity index is 0.00000361. The molecule has 0 spiro atoms. The molecule has 3 nitrogen and oxygen atoms in total. The van der Waals surface area contributed by atoms with E-state index in [0.717, 1.165) is 18.8 Å². The van der Waals surface area contributed by atoms with Gasteiger partial charge in [-0.2, -0.15) is 0 Å². The van der Waals surface area contributed by atoms with Gasteiger partial charge in [-0.25, -0.2) is 0 Å². The minimum atomic E-state index is 0. The van der Waals surface area contributed by atoms with Crippen molar-refractivity contribution >= 4 is 18.2 Å². The summed E-state index contributed by atoms with van der Waals surface area (Å²) in [6.07, 6.45) is 0. The molecule has 114 valence electrons. The van der Waals surface area contributed by atoms with Gasteiger partial charge in [0.15, 0.2) is 0 Å². The Morgan fingerprint density at radius 2 is 1.85 bits per heavy atom. The zero-order valence-electron chi connectivity index (χ0n) is 13.2. The van der Waals surface area contributed by atoms with E-state index in [0.29, 0.717) is 18.4 Å². The fourth-order valence-electron chi connectivity index (χ4n) is 2.09. The number of aryl methyl sites for hydroxylation is 1. The molecule has 0 aliphatic carbocycles. The number of hydrogen-bond donors (Lipinski definition) is 1. The molecule has 20 heavy (non-hydrogen) atoms. The Morgan fingerprint density at radius 1 is 1.25 bits per heavy atom. The van der Waals surface area contributed by atoms with Gasteiger partial charge < -0.3 is 9.64 Å². The quantitative estimate of drug-likeness (QED) is 0.630. The first-order valence-corrected chi connectivity index (χ1v) is 7.05. The van der Waals surface area contributed by atoms with E-state index in [-0.39, 0.29) is 12.4 Å². The van der Waals surface area contributed by atoms with Crippen molar-refractivity contribution < 1.29 is 4.74 Å². The minimum absolute atomic E-state index is 0. The molecule has 0 amide bonds. The van der Waals surface area contributed by atoms with Crippen LogP contribution >= 0.6 is 12.4 Å². The molecule has 0 aliphatic rings. The second kappa shape index (κ2) is 8.85. The maximum atomic E-state index is 8.03. The Morgan fingerprint density at radius 3 is 2.35 bits per heavy atom.